The lowest BCUT2D eigenvalue weighted by atomic mass is 10.2. The van der Waals surface area contributed by atoms with Gasteiger partial charge in [0.1, 0.15) is 5.75 Å². The molecule has 0 radical (unpaired) electrons. The third kappa shape index (κ3) is 4.91. The summed E-state index contributed by atoms with van der Waals surface area (Å²) < 4.78 is 5.71. The molecule has 0 aliphatic carbocycles. The monoisotopic (exact) mass is 287 g/mol. The van der Waals surface area contributed by atoms with Crippen LogP contribution in [0.2, 0.25) is 0 Å². The van der Waals surface area contributed by atoms with Gasteiger partial charge in [-0.3, -0.25) is 0 Å². The zero-order valence-corrected chi connectivity index (χ0v) is 12.7. The van der Waals surface area contributed by atoms with E-state index >= 15 is 0 Å². The first-order valence-corrected chi connectivity index (χ1v) is 7.88. The lowest BCUT2D eigenvalue weighted by Crippen LogP contribution is -2.00. The molecule has 2 aromatic carbocycles. The van der Waals surface area contributed by atoms with Gasteiger partial charge in [-0.25, -0.2) is 0 Å². The number of thioether (sulfide) groups is 1. The largest absolute Gasteiger partial charge is 0.494 e. The second-order valence-electron chi connectivity index (χ2n) is 4.71. The summed E-state index contributed by atoms with van der Waals surface area (Å²) in [5.74, 6) is 1.99. The predicted molar refractivity (Wildman–Crippen MR) is 86.3 cm³/mol. The van der Waals surface area contributed by atoms with Crippen molar-refractivity contribution in [2.45, 2.75) is 24.8 Å². The SMILES string of the molecule is Cc1ccc(SCCCOc2ccc(CN)cc2)cc1. The maximum absolute atomic E-state index is 5.71. The molecule has 0 unspecified atom stereocenters. The van der Waals surface area contributed by atoms with E-state index in [-0.39, 0.29) is 0 Å². The fourth-order valence-electron chi connectivity index (χ4n) is 1.80. The van der Waals surface area contributed by atoms with Gasteiger partial charge in [-0.15, -0.1) is 11.8 Å². The van der Waals surface area contributed by atoms with Crippen molar-refractivity contribution < 1.29 is 4.74 Å². The minimum absolute atomic E-state index is 0.577. The topological polar surface area (TPSA) is 35.2 Å². The van der Waals surface area contributed by atoms with E-state index in [1.54, 1.807) is 0 Å². The van der Waals surface area contributed by atoms with Crippen LogP contribution in [0.5, 0.6) is 5.75 Å². The third-order valence-corrected chi connectivity index (χ3v) is 4.10. The molecule has 0 aliphatic rings. The zero-order valence-electron chi connectivity index (χ0n) is 11.8. The normalized spacial score (nSPS) is 10.5. The molecule has 0 aromatic heterocycles. The molecule has 3 heteroatoms. The Morgan fingerprint density at radius 3 is 2.35 bits per heavy atom. The van der Waals surface area contributed by atoms with Crippen LogP contribution in [-0.4, -0.2) is 12.4 Å². The Labute approximate surface area is 125 Å². The van der Waals surface area contributed by atoms with Gasteiger partial charge in [-0.2, -0.15) is 0 Å². The summed E-state index contributed by atoms with van der Waals surface area (Å²) >= 11 is 1.87. The van der Waals surface area contributed by atoms with Crippen molar-refractivity contribution in [3.05, 3.63) is 59.7 Å². The fraction of sp³-hybridized carbons (Fsp3) is 0.294. The van der Waals surface area contributed by atoms with Crippen LogP contribution >= 0.6 is 11.8 Å². The molecule has 2 rings (SSSR count). The molecule has 106 valence electrons. The van der Waals surface area contributed by atoms with E-state index in [9.17, 15) is 0 Å². The summed E-state index contributed by atoms with van der Waals surface area (Å²) in [7, 11) is 0. The van der Waals surface area contributed by atoms with Crippen LogP contribution in [-0.2, 0) is 6.54 Å². The minimum atomic E-state index is 0.577. The molecule has 0 saturated carbocycles. The van der Waals surface area contributed by atoms with Crippen molar-refractivity contribution in [3.8, 4) is 5.75 Å². The molecule has 2 aromatic rings. The van der Waals surface area contributed by atoms with Crippen molar-refractivity contribution in [2.24, 2.45) is 5.73 Å². The highest BCUT2D eigenvalue weighted by molar-refractivity contribution is 7.99. The highest BCUT2D eigenvalue weighted by Gasteiger charge is 1.96. The van der Waals surface area contributed by atoms with Gasteiger partial charge in [0.25, 0.3) is 0 Å². The summed E-state index contributed by atoms with van der Waals surface area (Å²) in [6.45, 7) is 3.44. The molecule has 0 bridgehead atoms. The van der Waals surface area contributed by atoms with E-state index < -0.39 is 0 Å². The van der Waals surface area contributed by atoms with Crippen LogP contribution in [0.25, 0.3) is 0 Å². The van der Waals surface area contributed by atoms with E-state index in [0.717, 1.165) is 30.1 Å². The lowest BCUT2D eigenvalue weighted by Gasteiger charge is -2.07. The highest BCUT2D eigenvalue weighted by Crippen LogP contribution is 2.19. The molecule has 2 N–H and O–H groups in total. The molecule has 2 nitrogen and oxygen atoms in total. The average Bonchev–Trinajstić information content (AvgIpc) is 2.49. The van der Waals surface area contributed by atoms with E-state index in [1.165, 1.54) is 10.5 Å². The van der Waals surface area contributed by atoms with Crippen molar-refractivity contribution in [2.75, 3.05) is 12.4 Å². The number of hydrogen-bond donors (Lipinski definition) is 1. The van der Waals surface area contributed by atoms with Gasteiger partial charge in [0, 0.05) is 17.2 Å². The van der Waals surface area contributed by atoms with Gasteiger partial charge in [-0.05, 0) is 43.2 Å². The lowest BCUT2D eigenvalue weighted by molar-refractivity contribution is 0.318. The van der Waals surface area contributed by atoms with Crippen LogP contribution in [0.4, 0.5) is 0 Å². The van der Waals surface area contributed by atoms with Gasteiger partial charge >= 0.3 is 0 Å². The quantitative estimate of drug-likeness (QED) is 0.617. The fourth-order valence-corrected chi connectivity index (χ4v) is 2.62. The average molecular weight is 287 g/mol. The Morgan fingerprint density at radius 1 is 1.00 bits per heavy atom. The second kappa shape index (κ2) is 7.98. The van der Waals surface area contributed by atoms with Crippen LogP contribution in [0, 0.1) is 6.92 Å². The Morgan fingerprint density at radius 2 is 1.70 bits per heavy atom. The van der Waals surface area contributed by atoms with Gasteiger partial charge in [0.05, 0.1) is 6.61 Å². The number of ether oxygens (including phenoxy) is 1. The summed E-state index contributed by atoms with van der Waals surface area (Å²) in [5, 5.41) is 0. The van der Waals surface area contributed by atoms with Gasteiger partial charge < -0.3 is 10.5 Å². The van der Waals surface area contributed by atoms with Gasteiger partial charge in [-0.1, -0.05) is 29.8 Å². The Hall–Kier alpha value is -1.45. The number of aryl methyl sites for hydroxylation is 1. The van der Waals surface area contributed by atoms with Crippen molar-refractivity contribution in [1.29, 1.82) is 0 Å². The smallest absolute Gasteiger partial charge is 0.119 e. The minimum Gasteiger partial charge on any atom is -0.494 e. The molecule has 0 amide bonds. The van der Waals surface area contributed by atoms with E-state index in [4.69, 9.17) is 10.5 Å². The molecule has 0 atom stereocenters. The molecule has 0 aliphatic heterocycles. The maximum atomic E-state index is 5.71. The van der Waals surface area contributed by atoms with Gasteiger partial charge in [0.2, 0.25) is 0 Å². The molecule has 0 spiro atoms. The number of rotatable bonds is 7. The van der Waals surface area contributed by atoms with E-state index in [0.29, 0.717) is 6.54 Å². The molecular weight excluding hydrogens is 266 g/mol. The molecule has 0 saturated heterocycles. The Balaban J connectivity index is 1.64. The predicted octanol–water partition coefficient (Wildman–Crippen LogP) is 4.01. The molecule has 20 heavy (non-hydrogen) atoms. The van der Waals surface area contributed by atoms with Crippen LogP contribution in [0.3, 0.4) is 0 Å². The molecular formula is C17H21NOS. The number of benzene rings is 2. The third-order valence-electron chi connectivity index (χ3n) is 3.01. The van der Waals surface area contributed by atoms with Gasteiger partial charge in [0.15, 0.2) is 0 Å². The van der Waals surface area contributed by atoms with Crippen molar-refractivity contribution in [3.63, 3.8) is 0 Å². The zero-order chi connectivity index (χ0) is 14.2. The summed E-state index contributed by atoms with van der Waals surface area (Å²) in [6, 6.07) is 16.6. The molecule has 0 heterocycles. The first-order chi connectivity index (χ1) is 9.78. The summed E-state index contributed by atoms with van der Waals surface area (Å²) in [5.41, 5.74) is 8.00. The number of hydrogen-bond acceptors (Lipinski definition) is 3. The first-order valence-electron chi connectivity index (χ1n) is 6.89. The maximum Gasteiger partial charge on any atom is 0.119 e. The number of nitrogens with two attached hydrogens (primary N) is 1. The Bertz CT molecular complexity index is 508. The van der Waals surface area contributed by atoms with Crippen LogP contribution in [0.15, 0.2) is 53.4 Å². The Kier molecular flexibility index (Phi) is 5.96. The summed E-state index contributed by atoms with van der Waals surface area (Å²) in [6.07, 6.45) is 1.04. The standard InChI is InChI=1S/C17H21NOS/c1-14-3-9-17(10-4-14)20-12-2-11-19-16-7-5-15(13-18)6-8-16/h3-10H,2,11-13,18H2,1H3. The van der Waals surface area contributed by atoms with Crippen molar-refractivity contribution in [1.82, 2.24) is 0 Å². The second-order valence-corrected chi connectivity index (χ2v) is 5.88. The van der Waals surface area contributed by atoms with Crippen LogP contribution in [0.1, 0.15) is 17.5 Å². The first kappa shape index (κ1) is 14.9. The van der Waals surface area contributed by atoms with E-state index in [1.807, 2.05) is 36.0 Å². The molecule has 0 fully saturated rings. The van der Waals surface area contributed by atoms with Crippen molar-refractivity contribution >= 4 is 11.8 Å². The van der Waals surface area contributed by atoms with Crippen LogP contribution < -0.4 is 10.5 Å². The van der Waals surface area contributed by atoms with E-state index in [2.05, 4.69) is 31.2 Å². The summed E-state index contributed by atoms with van der Waals surface area (Å²) in [4.78, 5) is 1.32. The highest BCUT2D eigenvalue weighted by atomic mass is 32.2.